The number of aromatic amines is 1. The molecule has 2 aromatic rings. The number of benzene rings is 1. The van der Waals surface area contributed by atoms with Crippen LogP contribution in [0.5, 0.6) is 0 Å². The summed E-state index contributed by atoms with van der Waals surface area (Å²) in [6, 6.07) is 6.16. The van der Waals surface area contributed by atoms with Crippen molar-refractivity contribution in [2.24, 2.45) is 0 Å². The molecular weight excluding hydrogens is 384 g/mol. The Morgan fingerprint density at radius 1 is 1.13 bits per heavy atom. The van der Waals surface area contributed by atoms with Crippen molar-refractivity contribution in [3.05, 3.63) is 36.0 Å². The van der Waals surface area contributed by atoms with E-state index in [0.29, 0.717) is 38.8 Å². The Hall–Kier alpha value is -2.87. The molecule has 0 spiro atoms. The van der Waals surface area contributed by atoms with Gasteiger partial charge in [0.25, 0.3) is 0 Å². The minimum atomic E-state index is -0.968. The van der Waals surface area contributed by atoms with Gasteiger partial charge in [0, 0.05) is 30.2 Å². The Kier molecular flexibility index (Phi) is 5.76. The summed E-state index contributed by atoms with van der Waals surface area (Å²) in [4.78, 5) is 44.3. The summed E-state index contributed by atoms with van der Waals surface area (Å²) in [6.45, 7) is 0.964. The van der Waals surface area contributed by atoms with Crippen LogP contribution >= 0.6 is 0 Å². The fraction of sp³-hybridized carbons (Fsp3) is 0.500. The van der Waals surface area contributed by atoms with E-state index in [0.717, 1.165) is 22.9 Å². The number of likely N-dealkylation sites (N-methyl/N-ethyl adjacent to an activating group) is 1. The number of hydrogen-bond donors (Lipinski definition) is 3. The highest BCUT2D eigenvalue weighted by atomic mass is 16.4. The van der Waals surface area contributed by atoms with Crippen LogP contribution in [0.25, 0.3) is 10.9 Å². The summed E-state index contributed by atoms with van der Waals surface area (Å²) in [6.07, 6.45) is 4.92. The summed E-state index contributed by atoms with van der Waals surface area (Å²) in [5, 5.41) is 13.6. The maximum atomic E-state index is 13.4. The van der Waals surface area contributed by atoms with E-state index in [1.54, 1.807) is 11.9 Å². The van der Waals surface area contributed by atoms with Crippen LogP contribution in [0.4, 0.5) is 0 Å². The molecule has 2 fully saturated rings. The standard InChI is InChI=1S/C22H28N4O4/c1-23-17(12-14-13-24-16-7-3-2-6-15(14)16)20(27)25-10-4-8-18(25)21(28)26-11-5-9-19(26)22(29)30/h2-3,6-7,13,17-19,23-24H,4-5,8-12H2,1H3,(H,29,30)/t17-,18-,19-/m0/s1. The van der Waals surface area contributed by atoms with Crippen LogP contribution in [-0.2, 0) is 20.8 Å². The van der Waals surface area contributed by atoms with Gasteiger partial charge in [0.1, 0.15) is 12.1 Å². The van der Waals surface area contributed by atoms with Gasteiger partial charge in [-0.3, -0.25) is 9.59 Å². The summed E-state index contributed by atoms with van der Waals surface area (Å²) in [5.41, 5.74) is 2.07. The summed E-state index contributed by atoms with van der Waals surface area (Å²) in [5.74, 6) is -1.30. The lowest BCUT2D eigenvalue weighted by molar-refractivity contribution is -0.152. The molecule has 3 atom stereocenters. The first-order valence-electron chi connectivity index (χ1n) is 10.6. The highest BCUT2D eigenvalue weighted by Crippen LogP contribution is 2.26. The van der Waals surface area contributed by atoms with Crippen molar-refractivity contribution in [1.29, 1.82) is 0 Å². The van der Waals surface area contributed by atoms with Crippen LogP contribution in [0, 0.1) is 0 Å². The normalized spacial score (nSPS) is 22.6. The molecule has 8 nitrogen and oxygen atoms in total. The maximum absolute atomic E-state index is 13.4. The minimum absolute atomic E-state index is 0.107. The number of carbonyl (C=O) groups excluding carboxylic acids is 2. The predicted octanol–water partition coefficient (Wildman–Crippen LogP) is 1.36. The zero-order chi connectivity index (χ0) is 21.3. The predicted molar refractivity (Wildman–Crippen MR) is 112 cm³/mol. The van der Waals surface area contributed by atoms with E-state index in [1.165, 1.54) is 4.90 Å². The number of fused-ring (bicyclic) bond motifs is 1. The molecule has 0 unspecified atom stereocenters. The molecule has 3 N–H and O–H groups in total. The number of nitrogens with zero attached hydrogens (tertiary/aromatic N) is 2. The first-order valence-corrected chi connectivity index (χ1v) is 10.6. The van der Waals surface area contributed by atoms with Crippen molar-refractivity contribution < 1.29 is 19.5 Å². The third kappa shape index (κ3) is 3.67. The molecule has 2 amide bonds. The molecule has 8 heteroatoms. The highest BCUT2D eigenvalue weighted by Gasteiger charge is 2.43. The van der Waals surface area contributed by atoms with Crippen LogP contribution in [0.15, 0.2) is 30.5 Å². The average Bonchev–Trinajstić information content (AvgIpc) is 3.50. The number of nitrogens with one attached hydrogen (secondary N) is 2. The van der Waals surface area contributed by atoms with Crippen molar-refractivity contribution in [2.75, 3.05) is 20.1 Å². The molecular formula is C22H28N4O4. The SMILES string of the molecule is CN[C@@H](Cc1c[nH]c2ccccc12)C(=O)N1CCC[C@H]1C(=O)N1CCC[C@H]1C(=O)O. The van der Waals surface area contributed by atoms with Gasteiger partial charge in [-0.25, -0.2) is 4.79 Å². The van der Waals surface area contributed by atoms with E-state index in [-0.39, 0.29) is 11.8 Å². The molecule has 3 heterocycles. The molecule has 1 aromatic heterocycles. The van der Waals surface area contributed by atoms with Crippen LogP contribution in [0.1, 0.15) is 31.2 Å². The molecule has 160 valence electrons. The molecule has 30 heavy (non-hydrogen) atoms. The minimum Gasteiger partial charge on any atom is -0.480 e. The number of hydrogen-bond acceptors (Lipinski definition) is 4. The summed E-state index contributed by atoms with van der Waals surface area (Å²) < 4.78 is 0. The maximum Gasteiger partial charge on any atom is 0.326 e. The van der Waals surface area contributed by atoms with Gasteiger partial charge in [0.2, 0.25) is 11.8 Å². The van der Waals surface area contributed by atoms with Gasteiger partial charge in [0.05, 0.1) is 6.04 Å². The molecule has 0 radical (unpaired) electrons. The van der Waals surface area contributed by atoms with Gasteiger partial charge >= 0.3 is 5.97 Å². The van der Waals surface area contributed by atoms with E-state index < -0.39 is 24.1 Å². The molecule has 2 saturated heterocycles. The van der Waals surface area contributed by atoms with E-state index in [2.05, 4.69) is 10.3 Å². The lowest BCUT2D eigenvalue weighted by atomic mass is 10.0. The van der Waals surface area contributed by atoms with Crippen molar-refractivity contribution in [3.8, 4) is 0 Å². The number of carboxylic acids is 1. The average molecular weight is 412 g/mol. The van der Waals surface area contributed by atoms with Gasteiger partial charge in [-0.1, -0.05) is 18.2 Å². The van der Waals surface area contributed by atoms with Gasteiger partial charge in [0.15, 0.2) is 0 Å². The number of rotatable bonds is 6. The van der Waals surface area contributed by atoms with Crippen molar-refractivity contribution in [1.82, 2.24) is 20.1 Å². The van der Waals surface area contributed by atoms with Crippen LogP contribution in [0.2, 0.25) is 0 Å². The number of aliphatic carboxylic acids is 1. The van der Waals surface area contributed by atoms with E-state index in [4.69, 9.17) is 0 Å². The Morgan fingerprint density at radius 3 is 2.57 bits per heavy atom. The molecule has 0 saturated carbocycles. The number of carbonyl (C=O) groups is 3. The van der Waals surface area contributed by atoms with Gasteiger partial charge < -0.3 is 25.2 Å². The molecule has 1 aromatic carbocycles. The fourth-order valence-corrected chi connectivity index (χ4v) is 4.80. The second-order valence-electron chi connectivity index (χ2n) is 8.12. The third-order valence-corrected chi connectivity index (χ3v) is 6.39. The number of aromatic nitrogens is 1. The molecule has 0 aliphatic carbocycles. The Bertz CT molecular complexity index is 956. The van der Waals surface area contributed by atoms with E-state index in [1.807, 2.05) is 30.5 Å². The third-order valence-electron chi connectivity index (χ3n) is 6.39. The van der Waals surface area contributed by atoms with Gasteiger partial charge in [-0.05, 0) is 50.8 Å². The lowest BCUT2D eigenvalue weighted by Gasteiger charge is -2.32. The van der Waals surface area contributed by atoms with Crippen LogP contribution in [0.3, 0.4) is 0 Å². The molecule has 0 bridgehead atoms. The lowest BCUT2D eigenvalue weighted by Crippen LogP contribution is -2.54. The second kappa shape index (κ2) is 8.47. The first-order chi connectivity index (χ1) is 14.5. The first kappa shape index (κ1) is 20.4. The van der Waals surface area contributed by atoms with E-state index >= 15 is 0 Å². The summed E-state index contributed by atoms with van der Waals surface area (Å²) >= 11 is 0. The number of carboxylic acid groups (broad SMARTS) is 1. The van der Waals surface area contributed by atoms with Crippen molar-refractivity contribution in [2.45, 2.75) is 50.2 Å². The van der Waals surface area contributed by atoms with Gasteiger partial charge in [-0.15, -0.1) is 0 Å². The number of likely N-dealkylation sites (tertiary alicyclic amines) is 2. The number of H-pyrrole nitrogens is 1. The number of amides is 2. The largest absolute Gasteiger partial charge is 0.480 e. The molecule has 2 aliphatic heterocycles. The van der Waals surface area contributed by atoms with Crippen LogP contribution in [-0.4, -0.2) is 75.9 Å². The van der Waals surface area contributed by atoms with Crippen molar-refractivity contribution >= 4 is 28.7 Å². The monoisotopic (exact) mass is 412 g/mol. The zero-order valence-electron chi connectivity index (χ0n) is 17.1. The van der Waals surface area contributed by atoms with Crippen LogP contribution < -0.4 is 5.32 Å². The Balaban J connectivity index is 1.50. The topological polar surface area (TPSA) is 106 Å². The quantitative estimate of drug-likeness (QED) is 0.665. The van der Waals surface area contributed by atoms with E-state index in [9.17, 15) is 19.5 Å². The summed E-state index contributed by atoms with van der Waals surface area (Å²) in [7, 11) is 1.76. The Morgan fingerprint density at radius 2 is 1.83 bits per heavy atom. The highest BCUT2D eigenvalue weighted by molar-refractivity contribution is 5.93. The number of para-hydroxylation sites is 1. The molecule has 2 aliphatic rings. The van der Waals surface area contributed by atoms with Gasteiger partial charge in [-0.2, -0.15) is 0 Å². The Labute approximate surface area is 175 Å². The zero-order valence-corrected chi connectivity index (χ0v) is 17.1. The second-order valence-corrected chi connectivity index (χ2v) is 8.12. The van der Waals surface area contributed by atoms with Crippen molar-refractivity contribution in [3.63, 3.8) is 0 Å². The molecule has 4 rings (SSSR count). The smallest absolute Gasteiger partial charge is 0.326 e. The fourth-order valence-electron chi connectivity index (χ4n) is 4.80.